The van der Waals surface area contributed by atoms with Crippen molar-refractivity contribution in [1.82, 2.24) is 9.80 Å². The van der Waals surface area contributed by atoms with Gasteiger partial charge in [-0.25, -0.2) is 0 Å². The Hall–Kier alpha value is -0.360. The van der Waals surface area contributed by atoms with Crippen LogP contribution in [0.25, 0.3) is 0 Å². The van der Waals surface area contributed by atoms with Crippen molar-refractivity contribution in [2.45, 2.75) is 32.5 Å². The summed E-state index contributed by atoms with van der Waals surface area (Å²) in [5.74, 6) is 0. The average molecular weight is 379 g/mol. The molecule has 6 heteroatoms. The second-order valence-electron chi connectivity index (χ2n) is 6.03. The summed E-state index contributed by atoms with van der Waals surface area (Å²) in [6.45, 7) is 10.8. The maximum atomic E-state index is 10.2. The van der Waals surface area contributed by atoms with Gasteiger partial charge in [-0.3, -0.25) is 4.90 Å². The first-order chi connectivity index (χ1) is 10.7. The highest BCUT2D eigenvalue weighted by molar-refractivity contribution is 5.85. The predicted molar refractivity (Wildman–Crippen MR) is 104 cm³/mol. The number of aliphatic hydroxyl groups is 1. The Kier molecular flexibility index (Phi) is 12.7. The van der Waals surface area contributed by atoms with Crippen molar-refractivity contribution in [3.05, 3.63) is 35.9 Å². The van der Waals surface area contributed by atoms with Crippen LogP contribution in [0.15, 0.2) is 30.3 Å². The van der Waals surface area contributed by atoms with E-state index in [1.807, 2.05) is 18.2 Å². The lowest BCUT2D eigenvalue weighted by molar-refractivity contribution is -0.0279. The molecule has 2 rings (SSSR count). The maximum absolute atomic E-state index is 10.2. The normalized spacial score (nSPS) is 18.3. The molecule has 1 N–H and O–H groups in total. The minimum Gasteiger partial charge on any atom is -0.389 e. The number of β-amino-alcohol motifs (C(OH)–C–C–N with tert-alkyl or cyclic N) is 1. The fourth-order valence-electron chi connectivity index (χ4n) is 2.98. The predicted octanol–water partition coefficient (Wildman–Crippen LogP) is 3.00. The van der Waals surface area contributed by atoms with E-state index < -0.39 is 6.10 Å². The molecule has 0 bridgehead atoms. The fraction of sp³-hybridized carbons (Fsp3) is 0.667. The van der Waals surface area contributed by atoms with E-state index in [0.29, 0.717) is 13.2 Å². The molecule has 0 radical (unpaired) electrons. The number of hydrogen-bond acceptors (Lipinski definition) is 4. The van der Waals surface area contributed by atoms with Crippen LogP contribution >= 0.6 is 24.8 Å². The summed E-state index contributed by atoms with van der Waals surface area (Å²) >= 11 is 0. The Labute approximate surface area is 159 Å². The Morgan fingerprint density at radius 2 is 1.58 bits per heavy atom. The number of likely N-dealkylation sites (N-methyl/N-ethyl adjacent to an activating group) is 1. The Morgan fingerprint density at radius 1 is 1.00 bits per heavy atom. The van der Waals surface area contributed by atoms with Gasteiger partial charge in [-0.05, 0) is 18.5 Å². The molecule has 0 aliphatic carbocycles. The van der Waals surface area contributed by atoms with Crippen molar-refractivity contribution in [3.63, 3.8) is 0 Å². The first kappa shape index (κ1) is 23.6. The second-order valence-corrected chi connectivity index (χ2v) is 6.03. The topological polar surface area (TPSA) is 35.9 Å². The van der Waals surface area contributed by atoms with Gasteiger partial charge in [-0.2, -0.15) is 0 Å². The lowest BCUT2D eigenvalue weighted by atomic mass is 10.1. The SMILES string of the molecule is CCC(OCC(O)CN1CCN(CC)CC1)c1ccccc1.Cl.Cl. The first-order valence-electron chi connectivity index (χ1n) is 8.52. The third-order valence-corrected chi connectivity index (χ3v) is 4.41. The van der Waals surface area contributed by atoms with Crippen LogP contribution in [0.2, 0.25) is 0 Å². The van der Waals surface area contributed by atoms with E-state index in [2.05, 4.69) is 35.8 Å². The second kappa shape index (κ2) is 12.9. The summed E-state index contributed by atoms with van der Waals surface area (Å²) in [5, 5.41) is 10.2. The molecule has 2 atom stereocenters. The number of benzene rings is 1. The van der Waals surface area contributed by atoms with Gasteiger partial charge in [-0.1, -0.05) is 44.2 Å². The van der Waals surface area contributed by atoms with Gasteiger partial charge in [0.05, 0.1) is 18.8 Å². The molecule has 1 aliphatic rings. The highest BCUT2D eigenvalue weighted by atomic mass is 35.5. The van der Waals surface area contributed by atoms with Gasteiger partial charge < -0.3 is 14.7 Å². The van der Waals surface area contributed by atoms with Crippen molar-refractivity contribution >= 4 is 24.8 Å². The van der Waals surface area contributed by atoms with Crippen LogP contribution in [0.1, 0.15) is 31.9 Å². The highest BCUT2D eigenvalue weighted by Gasteiger charge is 2.19. The van der Waals surface area contributed by atoms with Crippen molar-refractivity contribution in [3.8, 4) is 0 Å². The van der Waals surface area contributed by atoms with Crippen LogP contribution in [0.4, 0.5) is 0 Å². The van der Waals surface area contributed by atoms with Crippen LogP contribution in [0, 0.1) is 0 Å². The molecule has 2 unspecified atom stereocenters. The van der Waals surface area contributed by atoms with Crippen molar-refractivity contribution in [2.75, 3.05) is 45.9 Å². The standard InChI is InChI=1S/C18H30N2O2.2ClH/c1-3-18(16-8-6-5-7-9-16)22-15-17(21)14-20-12-10-19(4-2)11-13-20;;/h5-9,17-18,21H,3-4,10-15H2,1-2H3;2*1H. The minimum absolute atomic E-state index is 0. The minimum atomic E-state index is -0.411. The first-order valence-corrected chi connectivity index (χ1v) is 8.52. The van der Waals surface area contributed by atoms with Gasteiger partial charge in [0.15, 0.2) is 0 Å². The fourth-order valence-corrected chi connectivity index (χ4v) is 2.98. The molecule has 1 saturated heterocycles. The summed E-state index contributed by atoms with van der Waals surface area (Å²) in [4.78, 5) is 4.78. The smallest absolute Gasteiger partial charge is 0.0900 e. The highest BCUT2D eigenvalue weighted by Crippen LogP contribution is 2.20. The molecule has 0 amide bonds. The molecule has 140 valence electrons. The summed E-state index contributed by atoms with van der Waals surface area (Å²) in [7, 11) is 0. The maximum Gasteiger partial charge on any atom is 0.0900 e. The van der Waals surface area contributed by atoms with Crippen molar-refractivity contribution in [1.29, 1.82) is 0 Å². The van der Waals surface area contributed by atoms with E-state index in [1.54, 1.807) is 0 Å². The van der Waals surface area contributed by atoms with Gasteiger partial charge in [0.25, 0.3) is 0 Å². The molecule has 0 saturated carbocycles. The number of hydrogen-bond donors (Lipinski definition) is 1. The largest absolute Gasteiger partial charge is 0.389 e. The monoisotopic (exact) mass is 378 g/mol. The zero-order valence-corrected chi connectivity index (χ0v) is 16.4. The molecule has 0 aromatic heterocycles. The Bertz CT molecular complexity index is 415. The van der Waals surface area contributed by atoms with Crippen LogP contribution in [-0.2, 0) is 4.74 Å². The summed E-state index contributed by atoms with van der Waals surface area (Å²) in [6.07, 6.45) is 0.588. The quantitative estimate of drug-likeness (QED) is 0.753. The Morgan fingerprint density at radius 3 is 2.12 bits per heavy atom. The number of ether oxygens (including phenoxy) is 1. The summed E-state index contributed by atoms with van der Waals surface area (Å²) in [6, 6.07) is 10.3. The van der Waals surface area contributed by atoms with Gasteiger partial charge >= 0.3 is 0 Å². The van der Waals surface area contributed by atoms with Crippen LogP contribution in [-0.4, -0.2) is 66.9 Å². The van der Waals surface area contributed by atoms with Gasteiger partial charge in [0.2, 0.25) is 0 Å². The molecule has 1 aromatic rings. The van der Waals surface area contributed by atoms with E-state index in [0.717, 1.165) is 39.1 Å². The zero-order valence-electron chi connectivity index (χ0n) is 14.8. The molecule has 1 fully saturated rings. The molecule has 4 nitrogen and oxygen atoms in total. The third kappa shape index (κ3) is 7.68. The van der Waals surface area contributed by atoms with E-state index in [4.69, 9.17) is 4.74 Å². The zero-order chi connectivity index (χ0) is 15.8. The van der Waals surface area contributed by atoms with E-state index in [9.17, 15) is 5.11 Å². The molecule has 1 aromatic carbocycles. The van der Waals surface area contributed by atoms with Crippen LogP contribution < -0.4 is 0 Å². The summed E-state index contributed by atoms with van der Waals surface area (Å²) in [5.41, 5.74) is 1.19. The number of piperazine rings is 1. The van der Waals surface area contributed by atoms with E-state index >= 15 is 0 Å². The van der Waals surface area contributed by atoms with Gasteiger partial charge in [-0.15, -0.1) is 24.8 Å². The van der Waals surface area contributed by atoms with E-state index in [1.165, 1.54) is 5.56 Å². The lowest BCUT2D eigenvalue weighted by Crippen LogP contribution is -2.48. The van der Waals surface area contributed by atoms with Crippen LogP contribution in [0.3, 0.4) is 0 Å². The average Bonchev–Trinajstić information content (AvgIpc) is 2.57. The molecule has 24 heavy (non-hydrogen) atoms. The molecular weight excluding hydrogens is 347 g/mol. The molecule has 1 aliphatic heterocycles. The van der Waals surface area contributed by atoms with Crippen molar-refractivity contribution < 1.29 is 9.84 Å². The number of halogens is 2. The van der Waals surface area contributed by atoms with Gasteiger partial charge in [0.1, 0.15) is 0 Å². The lowest BCUT2D eigenvalue weighted by Gasteiger charge is -2.35. The number of nitrogens with zero attached hydrogens (tertiary/aromatic N) is 2. The molecule has 1 heterocycles. The molecule has 0 spiro atoms. The molecular formula is C18H32Cl2N2O2. The number of rotatable bonds is 8. The van der Waals surface area contributed by atoms with Crippen molar-refractivity contribution in [2.24, 2.45) is 0 Å². The number of aliphatic hydroxyl groups excluding tert-OH is 1. The summed E-state index contributed by atoms with van der Waals surface area (Å²) < 4.78 is 5.94. The van der Waals surface area contributed by atoms with Crippen LogP contribution in [0.5, 0.6) is 0 Å². The van der Waals surface area contributed by atoms with E-state index in [-0.39, 0.29) is 30.9 Å². The third-order valence-electron chi connectivity index (χ3n) is 4.41. The Balaban J connectivity index is 0.00000264. The van der Waals surface area contributed by atoms with Gasteiger partial charge in [0, 0.05) is 32.7 Å².